The quantitative estimate of drug-likeness (QED) is 0.656. The van der Waals surface area contributed by atoms with Gasteiger partial charge < -0.3 is 4.74 Å². The highest BCUT2D eigenvalue weighted by molar-refractivity contribution is 7.89. The van der Waals surface area contributed by atoms with Gasteiger partial charge in [0.15, 0.2) is 0 Å². The minimum atomic E-state index is -3.67. The van der Waals surface area contributed by atoms with Crippen molar-refractivity contribution in [3.63, 3.8) is 0 Å². The Labute approximate surface area is 145 Å². The van der Waals surface area contributed by atoms with E-state index >= 15 is 0 Å². The van der Waals surface area contributed by atoms with Gasteiger partial charge in [-0.05, 0) is 23.6 Å². The molecule has 0 bridgehead atoms. The topological polar surface area (TPSA) is 92.8 Å². The van der Waals surface area contributed by atoms with Crippen molar-refractivity contribution in [2.24, 2.45) is 0 Å². The lowest BCUT2D eigenvalue weighted by atomic mass is 10.0. The van der Waals surface area contributed by atoms with Crippen molar-refractivity contribution in [3.05, 3.63) is 29.8 Å². The van der Waals surface area contributed by atoms with Crippen molar-refractivity contribution in [1.82, 2.24) is 9.03 Å². The number of hydrogen-bond donors (Lipinski definition) is 1. The number of nitrogens with one attached hydrogen (secondary N) is 1. The van der Waals surface area contributed by atoms with Crippen molar-refractivity contribution in [2.75, 3.05) is 39.6 Å². The molecule has 0 saturated heterocycles. The van der Waals surface area contributed by atoms with Crippen LogP contribution >= 0.6 is 0 Å². The van der Waals surface area contributed by atoms with E-state index in [1.807, 2.05) is 13.8 Å². The highest BCUT2D eigenvalue weighted by Gasteiger charge is 2.18. The van der Waals surface area contributed by atoms with Crippen LogP contribution in [0.5, 0.6) is 0 Å². The van der Waals surface area contributed by atoms with Gasteiger partial charge in [-0.1, -0.05) is 26.0 Å². The largest absolute Gasteiger partial charge is 0.383 e. The van der Waals surface area contributed by atoms with E-state index in [0.29, 0.717) is 5.92 Å². The summed E-state index contributed by atoms with van der Waals surface area (Å²) < 4.78 is 56.3. The van der Waals surface area contributed by atoms with E-state index in [4.69, 9.17) is 4.74 Å². The van der Waals surface area contributed by atoms with Crippen LogP contribution in [-0.2, 0) is 24.8 Å². The van der Waals surface area contributed by atoms with Crippen molar-refractivity contribution in [3.8, 4) is 0 Å². The minimum Gasteiger partial charge on any atom is -0.383 e. The lowest BCUT2D eigenvalue weighted by Gasteiger charge is -2.19. The fourth-order valence-electron chi connectivity index (χ4n) is 2.06. The van der Waals surface area contributed by atoms with Crippen molar-refractivity contribution < 1.29 is 21.6 Å². The molecule has 9 heteroatoms. The number of rotatable bonds is 10. The lowest BCUT2D eigenvalue weighted by Crippen LogP contribution is -2.39. The Morgan fingerprint density at radius 2 is 1.67 bits per heavy atom. The van der Waals surface area contributed by atoms with E-state index in [1.54, 1.807) is 24.3 Å². The Hall–Kier alpha value is -1.00. The fourth-order valence-corrected chi connectivity index (χ4v) is 3.91. The molecule has 1 aromatic carbocycles. The highest BCUT2D eigenvalue weighted by atomic mass is 32.2. The predicted octanol–water partition coefficient (Wildman–Crippen LogP) is 0.996. The molecule has 0 fully saturated rings. The normalized spacial score (nSPS) is 12.9. The summed E-state index contributed by atoms with van der Waals surface area (Å²) in [5, 5.41) is 0. The zero-order valence-electron chi connectivity index (χ0n) is 14.5. The van der Waals surface area contributed by atoms with E-state index in [2.05, 4.69) is 4.72 Å². The van der Waals surface area contributed by atoms with Crippen LogP contribution in [0.4, 0.5) is 0 Å². The Morgan fingerprint density at radius 3 is 2.12 bits per heavy atom. The Bertz CT molecular complexity index is 713. The van der Waals surface area contributed by atoms with Crippen LogP contribution in [0.25, 0.3) is 0 Å². The molecule has 1 aromatic rings. The molecule has 0 aromatic heterocycles. The first-order valence-electron chi connectivity index (χ1n) is 7.61. The van der Waals surface area contributed by atoms with E-state index < -0.39 is 20.0 Å². The summed E-state index contributed by atoms with van der Waals surface area (Å²) in [5.74, 6) is 0.318. The van der Waals surface area contributed by atoms with Gasteiger partial charge in [-0.2, -0.15) is 4.31 Å². The number of methoxy groups -OCH3 is 1. The second-order valence-electron chi connectivity index (χ2n) is 5.78. The summed E-state index contributed by atoms with van der Waals surface area (Å²) in [6, 6.07) is 6.66. The van der Waals surface area contributed by atoms with Crippen LogP contribution in [-0.4, -0.2) is 60.7 Å². The summed E-state index contributed by atoms with van der Waals surface area (Å²) in [6.07, 6.45) is 1.09. The maximum absolute atomic E-state index is 12.3. The molecular weight excluding hydrogens is 352 g/mol. The van der Waals surface area contributed by atoms with E-state index in [9.17, 15) is 16.8 Å². The second kappa shape index (κ2) is 8.91. The molecule has 0 spiro atoms. The van der Waals surface area contributed by atoms with Gasteiger partial charge in [0.05, 0.1) is 17.8 Å². The van der Waals surface area contributed by atoms with Gasteiger partial charge in [0, 0.05) is 26.7 Å². The average Bonchev–Trinajstić information content (AvgIpc) is 2.49. The SMILES string of the molecule is COCCN(CCNS(=O)(=O)c1ccc(C(C)C)cc1)S(C)(=O)=O. The fraction of sp³-hybridized carbons (Fsp3) is 0.600. The number of hydrogen-bond acceptors (Lipinski definition) is 5. The molecule has 0 aliphatic rings. The van der Waals surface area contributed by atoms with Crippen LogP contribution in [0.3, 0.4) is 0 Å². The van der Waals surface area contributed by atoms with Gasteiger partial charge in [0.1, 0.15) is 0 Å². The van der Waals surface area contributed by atoms with Gasteiger partial charge in [-0.25, -0.2) is 21.6 Å². The maximum Gasteiger partial charge on any atom is 0.240 e. The molecule has 0 radical (unpaired) electrons. The Balaban J connectivity index is 2.70. The molecular formula is C15H26N2O5S2. The van der Waals surface area contributed by atoms with Crippen LogP contribution in [0.2, 0.25) is 0 Å². The average molecular weight is 379 g/mol. The first kappa shape index (κ1) is 21.0. The summed E-state index contributed by atoms with van der Waals surface area (Å²) >= 11 is 0. The zero-order chi connectivity index (χ0) is 18.4. The van der Waals surface area contributed by atoms with E-state index in [-0.39, 0.29) is 31.1 Å². The maximum atomic E-state index is 12.3. The van der Waals surface area contributed by atoms with Crippen molar-refractivity contribution >= 4 is 20.0 Å². The number of nitrogens with zero attached hydrogens (tertiary/aromatic N) is 1. The van der Waals surface area contributed by atoms with Gasteiger partial charge >= 0.3 is 0 Å². The first-order valence-corrected chi connectivity index (χ1v) is 10.9. The van der Waals surface area contributed by atoms with E-state index in [1.165, 1.54) is 11.4 Å². The van der Waals surface area contributed by atoms with Gasteiger partial charge in [-0.15, -0.1) is 0 Å². The Morgan fingerprint density at radius 1 is 1.08 bits per heavy atom. The standard InChI is InChI=1S/C15H26N2O5S2/c1-13(2)14-5-7-15(8-6-14)24(20,21)16-9-10-17(11-12-22-3)23(4,18)19/h5-8,13,16H,9-12H2,1-4H3. The molecule has 0 aliphatic heterocycles. The minimum absolute atomic E-state index is 0.00888. The summed E-state index contributed by atoms with van der Waals surface area (Å²) in [4.78, 5) is 0.162. The number of ether oxygens (including phenoxy) is 1. The molecule has 0 aliphatic carbocycles. The van der Waals surface area contributed by atoms with Gasteiger partial charge in [0.25, 0.3) is 0 Å². The zero-order valence-corrected chi connectivity index (χ0v) is 16.2. The van der Waals surface area contributed by atoms with Crippen molar-refractivity contribution in [1.29, 1.82) is 0 Å². The Kier molecular flexibility index (Phi) is 7.81. The monoisotopic (exact) mass is 378 g/mol. The predicted molar refractivity (Wildman–Crippen MR) is 94.0 cm³/mol. The summed E-state index contributed by atoms with van der Waals surface area (Å²) in [5.41, 5.74) is 1.05. The highest BCUT2D eigenvalue weighted by Crippen LogP contribution is 2.17. The molecule has 7 nitrogen and oxygen atoms in total. The van der Waals surface area contributed by atoms with Crippen LogP contribution in [0.15, 0.2) is 29.2 Å². The molecule has 0 atom stereocenters. The molecule has 1 rings (SSSR count). The molecule has 0 heterocycles. The molecule has 0 unspecified atom stereocenters. The lowest BCUT2D eigenvalue weighted by molar-refractivity contribution is 0.179. The third-order valence-electron chi connectivity index (χ3n) is 3.52. The van der Waals surface area contributed by atoms with E-state index in [0.717, 1.165) is 11.8 Å². The number of benzene rings is 1. The molecule has 138 valence electrons. The van der Waals surface area contributed by atoms with Gasteiger partial charge in [-0.3, -0.25) is 0 Å². The van der Waals surface area contributed by atoms with Crippen LogP contribution < -0.4 is 4.72 Å². The second-order valence-corrected chi connectivity index (χ2v) is 9.53. The molecule has 24 heavy (non-hydrogen) atoms. The summed E-state index contributed by atoms with van der Waals surface area (Å²) in [7, 11) is -5.61. The number of sulfonamides is 2. The third-order valence-corrected chi connectivity index (χ3v) is 6.30. The molecule has 1 N–H and O–H groups in total. The van der Waals surface area contributed by atoms with Gasteiger partial charge in [0.2, 0.25) is 20.0 Å². The van der Waals surface area contributed by atoms with Crippen LogP contribution in [0, 0.1) is 0 Å². The van der Waals surface area contributed by atoms with Crippen molar-refractivity contribution in [2.45, 2.75) is 24.7 Å². The molecule has 0 amide bonds. The third kappa shape index (κ3) is 6.48. The van der Waals surface area contributed by atoms with Crippen LogP contribution in [0.1, 0.15) is 25.3 Å². The molecule has 0 saturated carbocycles. The first-order chi connectivity index (χ1) is 11.1. The summed E-state index contributed by atoms with van der Waals surface area (Å²) in [6.45, 7) is 4.52. The smallest absolute Gasteiger partial charge is 0.240 e.